The molecule has 5 N–H and O–H groups in total. The molecule has 2 aliphatic heterocycles. The third kappa shape index (κ3) is 3.80. The van der Waals surface area contributed by atoms with E-state index in [0.29, 0.717) is 11.3 Å². The summed E-state index contributed by atoms with van der Waals surface area (Å²) in [6.07, 6.45) is -0.656. The number of aryl methyl sites for hydroxylation is 1. The Balaban J connectivity index is 1.46. The Morgan fingerprint density at radius 2 is 2.14 bits per heavy atom. The van der Waals surface area contributed by atoms with E-state index in [0.717, 1.165) is 30.6 Å². The maximum absolute atomic E-state index is 12.6. The Kier molecular flexibility index (Phi) is 5.43. The number of fused-ring (bicyclic) bond motifs is 1. The SMILES string of the molecule is Cc1cc2ncnc(N[C@H]3O[C@@H](C)[C@H](NC(=O)[C@H]4CCCN4C)[C@@H](O)[C@@H]3O)c2[nH]1. The summed E-state index contributed by atoms with van der Waals surface area (Å²) < 4.78 is 5.91. The van der Waals surface area contributed by atoms with Gasteiger partial charge in [0.1, 0.15) is 24.1 Å². The van der Waals surface area contributed by atoms with E-state index >= 15 is 0 Å². The second-order valence-electron chi connectivity index (χ2n) is 8.00. The number of hydrogen-bond donors (Lipinski definition) is 5. The number of aliphatic hydroxyl groups excluding tert-OH is 2. The van der Waals surface area contributed by atoms with Crippen molar-refractivity contribution in [1.29, 1.82) is 0 Å². The largest absolute Gasteiger partial charge is 0.388 e. The lowest BCUT2D eigenvalue weighted by Crippen LogP contribution is -2.65. The van der Waals surface area contributed by atoms with Crippen molar-refractivity contribution in [3.05, 3.63) is 18.1 Å². The van der Waals surface area contributed by atoms with Crippen LogP contribution in [0.15, 0.2) is 12.4 Å². The van der Waals surface area contributed by atoms with Crippen LogP contribution in [0, 0.1) is 6.92 Å². The van der Waals surface area contributed by atoms with Crippen LogP contribution in [0.1, 0.15) is 25.5 Å². The van der Waals surface area contributed by atoms with Crippen molar-refractivity contribution in [2.75, 3.05) is 18.9 Å². The Hall–Kier alpha value is -2.27. The van der Waals surface area contributed by atoms with E-state index in [1.807, 2.05) is 24.9 Å². The van der Waals surface area contributed by atoms with Gasteiger partial charge in [0.15, 0.2) is 12.0 Å². The van der Waals surface area contributed by atoms with Gasteiger partial charge in [-0.15, -0.1) is 0 Å². The summed E-state index contributed by atoms with van der Waals surface area (Å²) in [6.45, 7) is 4.55. The zero-order valence-corrected chi connectivity index (χ0v) is 16.8. The van der Waals surface area contributed by atoms with Crippen LogP contribution in [0.5, 0.6) is 0 Å². The molecule has 1 amide bonds. The number of carbonyl (C=O) groups excluding carboxylic acids is 1. The molecule has 0 bridgehead atoms. The molecule has 0 aliphatic carbocycles. The fraction of sp³-hybridized carbons (Fsp3) is 0.632. The monoisotopic (exact) mass is 404 g/mol. The molecular formula is C19H28N6O4. The standard InChI is InChI=1S/C19H28N6O4/c1-9-7-11-14(22-9)17(21-8-20-11)24-19-16(27)15(26)13(10(2)29-19)23-18(28)12-5-4-6-25(12)3/h7-8,10,12-13,15-16,19,22,26-27H,4-6H2,1-3H3,(H,23,28)(H,20,21,24)/t10-,12+,13-,15+,16-,19-/m0/s1. The lowest BCUT2D eigenvalue weighted by Gasteiger charge is -2.42. The summed E-state index contributed by atoms with van der Waals surface area (Å²) in [5.74, 6) is 0.323. The van der Waals surface area contributed by atoms with Gasteiger partial charge < -0.3 is 30.6 Å². The molecule has 10 nitrogen and oxygen atoms in total. The summed E-state index contributed by atoms with van der Waals surface area (Å²) in [4.78, 5) is 26.2. The molecule has 2 saturated heterocycles. The zero-order valence-electron chi connectivity index (χ0n) is 16.8. The molecule has 0 radical (unpaired) electrons. The Morgan fingerprint density at radius 3 is 2.86 bits per heavy atom. The van der Waals surface area contributed by atoms with Gasteiger partial charge in [0, 0.05) is 5.69 Å². The normalized spacial score (nSPS) is 33.1. The average Bonchev–Trinajstić information content (AvgIpc) is 3.28. The highest BCUT2D eigenvalue weighted by Gasteiger charge is 2.44. The van der Waals surface area contributed by atoms with Crippen LogP contribution < -0.4 is 10.6 Å². The van der Waals surface area contributed by atoms with Gasteiger partial charge in [0.25, 0.3) is 0 Å². The van der Waals surface area contributed by atoms with E-state index in [2.05, 4.69) is 25.6 Å². The van der Waals surface area contributed by atoms with Crippen LogP contribution in [0.2, 0.25) is 0 Å². The fourth-order valence-electron chi connectivity index (χ4n) is 4.20. The van der Waals surface area contributed by atoms with Crippen molar-refractivity contribution < 1.29 is 19.7 Å². The number of hydrogen-bond acceptors (Lipinski definition) is 8. The van der Waals surface area contributed by atoms with Crippen LogP contribution in [0.3, 0.4) is 0 Å². The number of nitrogens with one attached hydrogen (secondary N) is 3. The molecule has 2 aromatic rings. The molecule has 6 atom stereocenters. The first-order valence-electron chi connectivity index (χ1n) is 9.94. The predicted molar refractivity (Wildman–Crippen MR) is 106 cm³/mol. The third-order valence-corrected chi connectivity index (χ3v) is 5.86. The number of aromatic nitrogens is 3. The van der Waals surface area contributed by atoms with E-state index in [4.69, 9.17) is 4.74 Å². The van der Waals surface area contributed by atoms with E-state index < -0.39 is 30.6 Å². The van der Waals surface area contributed by atoms with Crippen molar-refractivity contribution in [2.45, 2.75) is 63.3 Å². The van der Waals surface area contributed by atoms with E-state index in [9.17, 15) is 15.0 Å². The van der Waals surface area contributed by atoms with Crippen molar-refractivity contribution in [3.63, 3.8) is 0 Å². The topological polar surface area (TPSA) is 136 Å². The Bertz CT molecular complexity index is 889. The van der Waals surface area contributed by atoms with Gasteiger partial charge >= 0.3 is 0 Å². The first-order valence-corrected chi connectivity index (χ1v) is 9.94. The minimum absolute atomic E-state index is 0.150. The minimum Gasteiger partial charge on any atom is -0.388 e. The summed E-state index contributed by atoms with van der Waals surface area (Å²) >= 11 is 0. The molecule has 2 aliphatic rings. The number of carbonyl (C=O) groups is 1. The second kappa shape index (κ2) is 7.86. The number of amides is 1. The predicted octanol–water partition coefficient (Wildman–Crippen LogP) is -0.276. The van der Waals surface area contributed by atoms with Gasteiger partial charge in [0.2, 0.25) is 5.91 Å². The highest BCUT2D eigenvalue weighted by Crippen LogP contribution is 2.26. The lowest BCUT2D eigenvalue weighted by atomic mass is 9.95. The van der Waals surface area contributed by atoms with Crippen LogP contribution in [-0.2, 0) is 9.53 Å². The molecule has 0 aromatic carbocycles. The molecule has 0 saturated carbocycles. The number of aromatic amines is 1. The molecule has 29 heavy (non-hydrogen) atoms. The van der Waals surface area contributed by atoms with Gasteiger partial charge in [-0.05, 0) is 46.3 Å². The highest BCUT2D eigenvalue weighted by atomic mass is 16.5. The Labute approximate surface area is 168 Å². The number of likely N-dealkylation sites (N-methyl/N-ethyl adjacent to an activating group) is 1. The van der Waals surface area contributed by atoms with E-state index in [1.54, 1.807) is 6.92 Å². The van der Waals surface area contributed by atoms with Gasteiger partial charge in [-0.25, -0.2) is 9.97 Å². The smallest absolute Gasteiger partial charge is 0.237 e. The van der Waals surface area contributed by atoms with Gasteiger partial charge in [0.05, 0.1) is 23.7 Å². The quantitative estimate of drug-likeness (QED) is 0.470. The highest BCUT2D eigenvalue weighted by molar-refractivity contribution is 5.86. The van der Waals surface area contributed by atoms with Gasteiger partial charge in [-0.2, -0.15) is 0 Å². The first-order chi connectivity index (χ1) is 13.8. The first kappa shape index (κ1) is 20.0. The van der Waals surface area contributed by atoms with Crippen LogP contribution in [0.25, 0.3) is 11.0 Å². The molecule has 2 aromatic heterocycles. The van der Waals surface area contributed by atoms with Gasteiger partial charge in [-0.3, -0.25) is 9.69 Å². The number of H-pyrrole nitrogens is 1. The third-order valence-electron chi connectivity index (χ3n) is 5.86. The molecule has 0 spiro atoms. The number of ether oxygens (including phenoxy) is 1. The molecule has 10 heteroatoms. The maximum Gasteiger partial charge on any atom is 0.237 e. The lowest BCUT2D eigenvalue weighted by molar-refractivity contribution is -0.173. The fourth-order valence-corrected chi connectivity index (χ4v) is 4.20. The summed E-state index contributed by atoms with van der Waals surface area (Å²) in [5, 5.41) is 27.2. The number of likely N-dealkylation sites (tertiary alicyclic amines) is 1. The molecular weight excluding hydrogens is 376 g/mol. The van der Waals surface area contributed by atoms with Gasteiger partial charge in [-0.1, -0.05) is 0 Å². The van der Waals surface area contributed by atoms with Crippen molar-refractivity contribution in [2.24, 2.45) is 0 Å². The average molecular weight is 404 g/mol. The Morgan fingerprint density at radius 1 is 1.34 bits per heavy atom. The number of rotatable bonds is 4. The van der Waals surface area contributed by atoms with Crippen molar-refractivity contribution in [3.8, 4) is 0 Å². The van der Waals surface area contributed by atoms with Crippen LogP contribution >= 0.6 is 0 Å². The minimum atomic E-state index is -1.25. The molecule has 4 rings (SSSR count). The van der Waals surface area contributed by atoms with Crippen molar-refractivity contribution in [1.82, 2.24) is 25.2 Å². The molecule has 2 fully saturated rings. The number of anilines is 1. The zero-order chi connectivity index (χ0) is 20.7. The second-order valence-corrected chi connectivity index (χ2v) is 8.00. The van der Waals surface area contributed by atoms with E-state index in [-0.39, 0.29) is 11.9 Å². The number of nitrogens with zero attached hydrogens (tertiary/aromatic N) is 3. The van der Waals surface area contributed by atoms with Crippen molar-refractivity contribution >= 4 is 22.8 Å². The van der Waals surface area contributed by atoms with E-state index in [1.165, 1.54) is 6.33 Å². The summed E-state index contributed by atoms with van der Waals surface area (Å²) in [5.41, 5.74) is 2.37. The molecule has 158 valence electrons. The maximum atomic E-state index is 12.6. The number of aliphatic hydroxyl groups is 2. The summed E-state index contributed by atoms with van der Waals surface area (Å²) in [6, 6.07) is 0.971. The molecule has 4 heterocycles. The van der Waals surface area contributed by atoms with Crippen LogP contribution in [-0.4, -0.2) is 86.2 Å². The molecule has 0 unspecified atom stereocenters. The van der Waals surface area contributed by atoms with Crippen LogP contribution in [0.4, 0.5) is 5.82 Å². The summed E-state index contributed by atoms with van der Waals surface area (Å²) in [7, 11) is 1.91.